The van der Waals surface area contributed by atoms with Crippen LogP contribution in [0.2, 0.25) is 0 Å². The fourth-order valence-electron chi connectivity index (χ4n) is 3.44. The van der Waals surface area contributed by atoms with Gasteiger partial charge in [0.25, 0.3) is 0 Å². The average molecular weight is 312 g/mol. The number of nitrogens with zero attached hydrogens (tertiary/aromatic N) is 1. The predicted molar refractivity (Wildman–Crippen MR) is 77.0 cm³/mol. The van der Waals surface area contributed by atoms with E-state index in [1.165, 1.54) is 16.7 Å². The molecule has 0 spiro atoms. The molecule has 2 heterocycles. The number of carbonyl (C=O) groups is 2. The van der Waals surface area contributed by atoms with Crippen molar-refractivity contribution in [3.8, 4) is 0 Å². The molecule has 2 fully saturated rings. The van der Waals surface area contributed by atoms with Gasteiger partial charge in [-0.1, -0.05) is 25.3 Å². The zero-order valence-corrected chi connectivity index (χ0v) is 12.6. The van der Waals surface area contributed by atoms with Gasteiger partial charge in [-0.15, -0.1) is 0 Å². The fraction of sp³-hybridized carbons (Fsp3) is 0.714. The Morgan fingerprint density at radius 1 is 1.14 bits per heavy atom. The van der Waals surface area contributed by atoms with Crippen molar-refractivity contribution >= 4 is 21.7 Å². The highest BCUT2D eigenvalue weighted by atomic mass is 32.2. The van der Waals surface area contributed by atoms with Crippen molar-refractivity contribution in [3.05, 3.63) is 11.5 Å². The van der Waals surface area contributed by atoms with Gasteiger partial charge in [0.05, 0.1) is 18.2 Å². The molecule has 1 N–H and O–H groups in total. The van der Waals surface area contributed by atoms with E-state index < -0.39 is 15.9 Å². The van der Waals surface area contributed by atoms with Gasteiger partial charge >= 0.3 is 0 Å². The molecule has 1 saturated carbocycles. The molecule has 2 aliphatic heterocycles. The number of amides is 2. The quantitative estimate of drug-likeness (QED) is 0.760. The van der Waals surface area contributed by atoms with Gasteiger partial charge in [0.1, 0.15) is 0 Å². The van der Waals surface area contributed by atoms with Crippen LogP contribution in [0.25, 0.3) is 0 Å². The molecule has 6 nitrogen and oxygen atoms in total. The molecule has 0 aromatic carbocycles. The van der Waals surface area contributed by atoms with E-state index in [1.807, 2.05) is 0 Å². The fourth-order valence-corrected chi connectivity index (χ4v) is 4.69. The molecule has 7 heteroatoms. The maximum Gasteiger partial charge on any atom is 0.247 e. The number of carbonyl (C=O) groups excluding carboxylic acids is 2. The molecule has 2 amide bonds. The smallest absolute Gasteiger partial charge is 0.247 e. The summed E-state index contributed by atoms with van der Waals surface area (Å²) in [5, 5.41) is 4.18. The van der Waals surface area contributed by atoms with Crippen LogP contribution in [0.1, 0.15) is 38.5 Å². The molecular weight excluding hydrogens is 292 g/mol. The summed E-state index contributed by atoms with van der Waals surface area (Å²) < 4.78 is 22.8. The Bertz CT molecular complexity index is 578. The highest BCUT2D eigenvalue weighted by Gasteiger charge is 2.43. The molecule has 3 rings (SSSR count). The van der Waals surface area contributed by atoms with Gasteiger partial charge in [0, 0.05) is 17.5 Å². The Morgan fingerprint density at radius 2 is 1.86 bits per heavy atom. The predicted octanol–water partition coefficient (Wildman–Crippen LogP) is 0.347. The molecule has 1 saturated heterocycles. The lowest BCUT2D eigenvalue weighted by Crippen LogP contribution is -2.47. The van der Waals surface area contributed by atoms with Crippen LogP contribution < -0.4 is 5.32 Å². The Morgan fingerprint density at radius 3 is 2.48 bits per heavy atom. The van der Waals surface area contributed by atoms with Crippen molar-refractivity contribution in [1.29, 1.82) is 0 Å². The van der Waals surface area contributed by atoms with E-state index in [2.05, 4.69) is 5.32 Å². The van der Waals surface area contributed by atoms with Crippen LogP contribution >= 0.6 is 0 Å². The van der Waals surface area contributed by atoms with Crippen LogP contribution in [0.15, 0.2) is 11.5 Å². The van der Waals surface area contributed by atoms with Gasteiger partial charge in [-0.3, -0.25) is 19.8 Å². The molecule has 1 aliphatic carbocycles. The van der Waals surface area contributed by atoms with E-state index in [0.29, 0.717) is 0 Å². The molecule has 21 heavy (non-hydrogen) atoms. The number of hydrogen-bond donors (Lipinski definition) is 1. The first-order valence-corrected chi connectivity index (χ1v) is 9.21. The van der Waals surface area contributed by atoms with E-state index in [-0.39, 0.29) is 36.1 Å². The van der Waals surface area contributed by atoms with Crippen LogP contribution in [0.4, 0.5) is 0 Å². The lowest BCUT2D eigenvalue weighted by molar-refractivity contribution is -0.142. The van der Waals surface area contributed by atoms with Crippen LogP contribution in [-0.4, -0.2) is 49.0 Å². The largest absolute Gasteiger partial charge is 0.298 e. The summed E-state index contributed by atoms with van der Waals surface area (Å²) in [7, 11) is -3.16. The zero-order valence-electron chi connectivity index (χ0n) is 11.8. The van der Waals surface area contributed by atoms with E-state index >= 15 is 0 Å². The first-order valence-electron chi connectivity index (χ1n) is 7.49. The van der Waals surface area contributed by atoms with Crippen molar-refractivity contribution in [2.75, 3.05) is 5.75 Å². The second kappa shape index (κ2) is 5.53. The summed E-state index contributed by atoms with van der Waals surface area (Å²) in [6.45, 7) is 0. The Kier molecular flexibility index (Phi) is 3.88. The second-order valence-electron chi connectivity index (χ2n) is 6.08. The molecule has 2 atom stereocenters. The Labute approximate surface area is 124 Å². The molecule has 0 bridgehead atoms. The summed E-state index contributed by atoms with van der Waals surface area (Å²) in [5.41, 5.74) is 0. The van der Waals surface area contributed by atoms with Crippen LogP contribution in [0.3, 0.4) is 0 Å². The van der Waals surface area contributed by atoms with Crippen molar-refractivity contribution in [2.24, 2.45) is 0 Å². The first-order chi connectivity index (χ1) is 9.96. The molecule has 3 aliphatic rings. The molecular formula is C14H20N2O4S. The van der Waals surface area contributed by atoms with Crippen LogP contribution in [-0.2, 0) is 19.4 Å². The topological polar surface area (TPSA) is 83.5 Å². The minimum atomic E-state index is -3.16. The van der Waals surface area contributed by atoms with Crippen molar-refractivity contribution in [1.82, 2.24) is 10.2 Å². The van der Waals surface area contributed by atoms with Gasteiger partial charge < -0.3 is 0 Å². The van der Waals surface area contributed by atoms with Crippen LogP contribution in [0.5, 0.6) is 0 Å². The highest BCUT2D eigenvalue weighted by Crippen LogP contribution is 2.27. The SMILES string of the molecule is O=C1CC(NC2C=CS(=O)(=O)C2)C(=O)N1C1CCCCC1. The number of hydrogen-bond acceptors (Lipinski definition) is 5. The third-order valence-electron chi connectivity index (χ3n) is 4.47. The summed E-state index contributed by atoms with van der Waals surface area (Å²) >= 11 is 0. The maximum atomic E-state index is 12.4. The van der Waals surface area contributed by atoms with Gasteiger partial charge in [-0.25, -0.2) is 8.42 Å². The molecule has 0 aromatic rings. The summed E-state index contributed by atoms with van der Waals surface area (Å²) in [4.78, 5) is 26.0. The minimum Gasteiger partial charge on any atom is -0.298 e. The summed E-state index contributed by atoms with van der Waals surface area (Å²) in [6, 6.07) is -0.918. The lowest BCUT2D eigenvalue weighted by Gasteiger charge is -2.29. The minimum absolute atomic E-state index is 0.0333. The monoisotopic (exact) mass is 312 g/mol. The number of sulfone groups is 1. The van der Waals surface area contributed by atoms with Crippen molar-refractivity contribution in [2.45, 2.75) is 56.7 Å². The second-order valence-corrected chi connectivity index (χ2v) is 8.01. The van der Waals surface area contributed by atoms with E-state index in [4.69, 9.17) is 0 Å². The van der Waals surface area contributed by atoms with E-state index in [9.17, 15) is 18.0 Å². The highest BCUT2D eigenvalue weighted by molar-refractivity contribution is 7.94. The Hall–Kier alpha value is -1.21. The van der Waals surface area contributed by atoms with Crippen molar-refractivity contribution in [3.63, 3.8) is 0 Å². The number of nitrogens with one attached hydrogen (secondary N) is 1. The van der Waals surface area contributed by atoms with E-state index in [0.717, 1.165) is 25.7 Å². The molecule has 0 radical (unpaired) electrons. The number of imide groups is 1. The molecule has 116 valence electrons. The van der Waals surface area contributed by atoms with Crippen molar-refractivity contribution < 1.29 is 18.0 Å². The van der Waals surface area contributed by atoms with Crippen LogP contribution in [0, 0.1) is 0 Å². The molecule has 0 aromatic heterocycles. The van der Waals surface area contributed by atoms with Gasteiger partial charge in [-0.2, -0.15) is 0 Å². The third kappa shape index (κ3) is 3.03. The van der Waals surface area contributed by atoms with Gasteiger partial charge in [0.2, 0.25) is 11.8 Å². The standard InChI is InChI=1S/C14H20N2O4S/c17-13-8-12(15-10-6-7-21(19,20)9-10)14(18)16(13)11-4-2-1-3-5-11/h6-7,10-12,15H,1-5,8-9H2. The number of likely N-dealkylation sites (tertiary alicyclic amines) is 1. The van der Waals surface area contributed by atoms with E-state index in [1.54, 1.807) is 6.08 Å². The number of rotatable bonds is 3. The van der Waals surface area contributed by atoms with Gasteiger partial charge in [-0.05, 0) is 12.8 Å². The molecule has 2 unspecified atom stereocenters. The zero-order chi connectivity index (χ0) is 15.0. The summed E-state index contributed by atoms with van der Waals surface area (Å²) in [5.74, 6) is -0.354. The maximum absolute atomic E-state index is 12.4. The average Bonchev–Trinajstić information content (AvgIpc) is 2.91. The first kappa shape index (κ1) is 14.7. The van der Waals surface area contributed by atoms with Gasteiger partial charge in [0.15, 0.2) is 9.84 Å². The Balaban J connectivity index is 1.65. The normalized spacial score (nSPS) is 33.0. The summed E-state index contributed by atoms with van der Waals surface area (Å²) in [6.07, 6.45) is 6.76. The lowest BCUT2D eigenvalue weighted by atomic mass is 9.94. The third-order valence-corrected chi connectivity index (χ3v) is 5.86.